The van der Waals surface area contributed by atoms with Crippen LogP contribution in [0.3, 0.4) is 0 Å². The monoisotopic (exact) mass is 444 g/mol. The summed E-state index contributed by atoms with van der Waals surface area (Å²) in [6.07, 6.45) is 2.54. The van der Waals surface area contributed by atoms with Crippen molar-refractivity contribution >= 4 is 44.8 Å². The Bertz CT molecular complexity index is 1220. The second kappa shape index (κ2) is 8.57. The molecule has 29 heavy (non-hydrogen) atoms. The maximum absolute atomic E-state index is 13.2. The number of rotatable bonds is 6. The third kappa shape index (κ3) is 4.17. The van der Waals surface area contributed by atoms with Crippen LogP contribution < -0.4 is 10.3 Å². The van der Waals surface area contributed by atoms with Gasteiger partial charge in [0.05, 0.1) is 34.9 Å². The van der Waals surface area contributed by atoms with Gasteiger partial charge < -0.3 is 4.74 Å². The normalized spacial score (nSPS) is 11.1. The SMILES string of the molecule is CCCOc1ccc(-c2csc3ncn(Cc4ccc(Cl)c(Cl)c4)c(=O)c23)cc1. The fourth-order valence-electron chi connectivity index (χ4n) is 3.08. The van der Waals surface area contributed by atoms with E-state index in [0.717, 1.165) is 33.7 Å². The number of nitrogens with zero attached hydrogens (tertiary/aromatic N) is 2. The number of aromatic nitrogens is 2. The van der Waals surface area contributed by atoms with E-state index in [9.17, 15) is 4.79 Å². The van der Waals surface area contributed by atoms with Gasteiger partial charge in [0.25, 0.3) is 5.56 Å². The van der Waals surface area contributed by atoms with Crippen LogP contribution in [-0.2, 0) is 6.54 Å². The Labute approximate surface area is 182 Å². The predicted octanol–water partition coefficient (Wildman–Crippen LogP) is 6.27. The van der Waals surface area contributed by atoms with Crippen LogP contribution >= 0.6 is 34.5 Å². The molecule has 0 spiro atoms. The minimum Gasteiger partial charge on any atom is -0.494 e. The highest BCUT2D eigenvalue weighted by Gasteiger charge is 2.14. The molecule has 4 aromatic rings. The number of thiophene rings is 1. The number of hydrogen-bond donors (Lipinski definition) is 0. The fourth-order valence-corrected chi connectivity index (χ4v) is 4.31. The molecule has 4 nitrogen and oxygen atoms in total. The molecule has 2 aromatic heterocycles. The molecule has 7 heteroatoms. The van der Waals surface area contributed by atoms with Crippen LogP contribution in [0.25, 0.3) is 21.3 Å². The van der Waals surface area contributed by atoms with E-state index >= 15 is 0 Å². The van der Waals surface area contributed by atoms with E-state index in [2.05, 4.69) is 11.9 Å². The van der Waals surface area contributed by atoms with Crippen molar-refractivity contribution in [3.63, 3.8) is 0 Å². The lowest BCUT2D eigenvalue weighted by Crippen LogP contribution is -2.21. The number of benzene rings is 2. The largest absolute Gasteiger partial charge is 0.494 e. The Morgan fingerprint density at radius 1 is 1.10 bits per heavy atom. The molecule has 0 atom stereocenters. The molecule has 2 heterocycles. The molecule has 0 N–H and O–H groups in total. The van der Waals surface area contributed by atoms with Crippen LogP contribution in [-0.4, -0.2) is 16.2 Å². The molecule has 4 rings (SSSR count). The third-order valence-corrected chi connectivity index (χ3v) is 6.16. The number of halogens is 2. The summed E-state index contributed by atoms with van der Waals surface area (Å²) < 4.78 is 7.24. The zero-order chi connectivity index (χ0) is 20.4. The van der Waals surface area contributed by atoms with Crippen molar-refractivity contribution in [3.05, 3.63) is 80.1 Å². The molecule has 0 bridgehead atoms. The second-order valence-corrected chi connectivity index (χ2v) is 8.30. The van der Waals surface area contributed by atoms with Gasteiger partial charge in [-0.1, -0.05) is 48.3 Å². The summed E-state index contributed by atoms with van der Waals surface area (Å²) in [6.45, 7) is 3.13. The number of fused-ring (bicyclic) bond motifs is 1. The van der Waals surface area contributed by atoms with Gasteiger partial charge in [0, 0.05) is 10.9 Å². The lowest BCUT2D eigenvalue weighted by Gasteiger charge is -2.08. The van der Waals surface area contributed by atoms with Crippen molar-refractivity contribution < 1.29 is 4.74 Å². The predicted molar refractivity (Wildman–Crippen MR) is 121 cm³/mol. The lowest BCUT2D eigenvalue weighted by atomic mass is 10.1. The quantitative estimate of drug-likeness (QED) is 0.351. The smallest absolute Gasteiger partial charge is 0.263 e. The van der Waals surface area contributed by atoms with Crippen molar-refractivity contribution in [2.45, 2.75) is 19.9 Å². The Morgan fingerprint density at radius 3 is 2.62 bits per heavy atom. The topological polar surface area (TPSA) is 44.1 Å². The second-order valence-electron chi connectivity index (χ2n) is 6.63. The zero-order valence-electron chi connectivity index (χ0n) is 15.7. The molecule has 0 fully saturated rings. The molecule has 148 valence electrons. The molecule has 0 amide bonds. The summed E-state index contributed by atoms with van der Waals surface area (Å²) in [6, 6.07) is 13.2. The molecule has 2 aromatic carbocycles. The van der Waals surface area contributed by atoms with Gasteiger partial charge in [-0.15, -0.1) is 11.3 Å². The summed E-state index contributed by atoms with van der Waals surface area (Å²) >= 11 is 13.6. The van der Waals surface area contributed by atoms with Gasteiger partial charge in [-0.25, -0.2) is 4.98 Å². The summed E-state index contributed by atoms with van der Waals surface area (Å²) in [5, 5.41) is 3.56. The van der Waals surface area contributed by atoms with Gasteiger partial charge >= 0.3 is 0 Å². The Hall–Kier alpha value is -2.34. The molecule has 0 unspecified atom stereocenters. The Kier molecular flexibility index (Phi) is 5.90. The van der Waals surface area contributed by atoms with Gasteiger partial charge in [0.1, 0.15) is 10.6 Å². The van der Waals surface area contributed by atoms with Gasteiger partial charge in [-0.2, -0.15) is 0 Å². The molecular formula is C22H18Cl2N2O2S. The summed E-state index contributed by atoms with van der Waals surface area (Å²) in [5.41, 5.74) is 2.65. The van der Waals surface area contributed by atoms with Crippen molar-refractivity contribution in [1.29, 1.82) is 0 Å². The van der Waals surface area contributed by atoms with Crippen LogP contribution in [0.5, 0.6) is 5.75 Å². The Balaban J connectivity index is 1.70. The molecule has 0 aliphatic heterocycles. The van der Waals surface area contributed by atoms with E-state index in [4.69, 9.17) is 27.9 Å². The first kappa shape index (κ1) is 20.0. The first-order chi connectivity index (χ1) is 14.1. The lowest BCUT2D eigenvalue weighted by molar-refractivity contribution is 0.317. The minimum absolute atomic E-state index is 0.0800. The zero-order valence-corrected chi connectivity index (χ0v) is 18.0. The summed E-state index contributed by atoms with van der Waals surface area (Å²) in [4.78, 5) is 18.4. The van der Waals surface area contributed by atoms with E-state index < -0.39 is 0 Å². The highest BCUT2D eigenvalue weighted by molar-refractivity contribution is 7.17. The van der Waals surface area contributed by atoms with Crippen molar-refractivity contribution in [2.75, 3.05) is 6.61 Å². The van der Waals surface area contributed by atoms with Crippen LogP contribution in [0.15, 0.2) is 59.0 Å². The van der Waals surface area contributed by atoms with Crippen molar-refractivity contribution in [2.24, 2.45) is 0 Å². The average molecular weight is 445 g/mol. The highest BCUT2D eigenvalue weighted by Crippen LogP contribution is 2.32. The van der Waals surface area contributed by atoms with Crippen LogP contribution in [0, 0.1) is 0 Å². The fraction of sp³-hybridized carbons (Fsp3) is 0.182. The van der Waals surface area contributed by atoms with E-state index in [0.29, 0.717) is 28.6 Å². The van der Waals surface area contributed by atoms with Crippen molar-refractivity contribution in [3.8, 4) is 16.9 Å². The Morgan fingerprint density at radius 2 is 1.90 bits per heavy atom. The van der Waals surface area contributed by atoms with Gasteiger partial charge in [-0.3, -0.25) is 9.36 Å². The number of hydrogen-bond acceptors (Lipinski definition) is 4. The standard InChI is InChI=1S/C22H18Cl2N2O2S/c1-2-9-28-16-6-4-15(5-7-16)17-12-29-21-20(17)22(27)26(13-25-21)11-14-3-8-18(23)19(24)10-14/h3-8,10,12-13H,2,9,11H2,1H3. The van der Waals surface area contributed by atoms with E-state index in [1.807, 2.05) is 35.7 Å². The molecule has 0 aliphatic rings. The maximum Gasteiger partial charge on any atom is 0.263 e. The molecule has 0 aliphatic carbocycles. The van der Waals surface area contributed by atoms with Gasteiger partial charge in [0.2, 0.25) is 0 Å². The third-order valence-electron chi connectivity index (χ3n) is 4.54. The van der Waals surface area contributed by atoms with Gasteiger partial charge in [0.15, 0.2) is 0 Å². The van der Waals surface area contributed by atoms with E-state index in [-0.39, 0.29) is 5.56 Å². The first-order valence-corrected chi connectivity index (χ1v) is 10.8. The molecule has 0 radical (unpaired) electrons. The van der Waals surface area contributed by atoms with Crippen molar-refractivity contribution in [1.82, 2.24) is 9.55 Å². The van der Waals surface area contributed by atoms with Crippen LogP contribution in [0.4, 0.5) is 0 Å². The minimum atomic E-state index is -0.0800. The molecule has 0 saturated carbocycles. The van der Waals surface area contributed by atoms with Gasteiger partial charge in [-0.05, 0) is 41.8 Å². The van der Waals surface area contributed by atoms with Crippen LogP contribution in [0.2, 0.25) is 10.0 Å². The summed E-state index contributed by atoms with van der Waals surface area (Å²) in [7, 11) is 0. The highest BCUT2D eigenvalue weighted by atomic mass is 35.5. The average Bonchev–Trinajstić information content (AvgIpc) is 3.16. The first-order valence-electron chi connectivity index (χ1n) is 9.20. The maximum atomic E-state index is 13.2. The van der Waals surface area contributed by atoms with Crippen LogP contribution in [0.1, 0.15) is 18.9 Å². The molecular weight excluding hydrogens is 427 g/mol. The summed E-state index contributed by atoms with van der Waals surface area (Å²) in [5.74, 6) is 0.824. The number of ether oxygens (including phenoxy) is 1. The molecule has 0 saturated heterocycles. The van der Waals surface area contributed by atoms with E-state index in [1.54, 1.807) is 23.0 Å². The van der Waals surface area contributed by atoms with E-state index in [1.165, 1.54) is 11.3 Å².